The van der Waals surface area contributed by atoms with Crippen LogP contribution in [0.3, 0.4) is 0 Å². The zero-order valence-corrected chi connectivity index (χ0v) is 18.0. The number of carbonyl (C=O) groups is 1. The Labute approximate surface area is 178 Å². The van der Waals surface area contributed by atoms with Crippen LogP contribution < -0.4 is 19.5 Å². The molecule has 29 heavy (non-hydrogen) atoms. The molecular formula is C23H22BrNO4. The molecule has 0 aliphatic rings. The Bertz CT molecular complexity index is 949. The van der Waals surface area contributed by atoms with Gasteiger partial charge in [-0.15, -0.1) is 0 Å². The Kier molecular flexibility index (Phi) is 6.77. The second-order valence-electron chi connectivity index (χ2n) is 6.28. The van der Waals surface area contributed by atoms with Crippen LogP contribution >= 0.6 is 15.9 Å². The molecule has 5 nitrogen and oxygen atoms in total. The Morgan fingerprint density at radius 3 is 1.90 bits per heavy atom. The fraction of sp³-hybridized carbons (Fsp3) is 0.174. The predicted octanol–water partition coefficient (Wildman–Crippen LogP) is 4.99. The summed E-state index contributed by atoms with van der Waals surface area (Å²) >= 11 is 3.46. The van der Waals surface area contributed by atoms with Crippen LogP contribution in [-0.2, 0) is 0 Å². The summed E-state index contributed by atoms with van der Waals surface area (Å²) < 4.78 is 17.0. The number of methoxy groups -OCH3 is 3. The van der Waals surface area contributed by atoms with E-state index in [0.29, 0.717) is 22.8 Å². The van der Waals surface area contributed by atoms with Gasteiger partial charge in [0.1, 0.15) is 0 Å². The molecule has 150 valence electrons. The van der Waals surface area contributed by atoms with Crippen LogP contribution in [0.15, 0.2) is 71.2 Å². The molecule has 3 aromatic carbocycles. The van der Waals surface area contributed by atoms with E-state index in [-0.39, 0.29) is 11.9 Å². The molecule has 3 aromatic rings. The van der Waals surface area contributed by atoms with E-state index in [1.807, 2.05) is 54.6 Å². The molecule has 1 amide bonds. The van der Waals surface area contributed by atoms with Crippen LogP contribution in [0.1, 0.15) is 27.5 Å². The number of carbonyl (C=O) groups excluding carboxylic acids is 1. The molecule has 1 N–H and O–H groups in total. The monoisotopic (exact) mass is 455 g/mol. The molecule has 0 heterocycles. The summed E-state index contributed by atoms with van der Waals surface area (Å²) in [4.78, 5) is 13.1. The zero-order chi connectivity index (χ0) is 20.8. The summed E-state index contributed by atoms with van der Waals surface area (Å²) in [6, 6.07) is 20.7. The molecule has 0 bridgehead atoms. The zero-order valence-electron chi connectivity index (χ0n) is 16.4. The van der Waals surface area contributed by atoms with E-state index in [2.05, 4.69) is 21.2 Å². The molecule has 1 atom stereocenters. The van der Waals surface area contributed by atoms with Gasteiger partial charge in [-0.25, -0.2) is 0 Å². The van der Waals surface area contributed by atoms with Gasteiger partial charge in [0, 0.05) is 10.0 Å². The van der Waals surface area contributed by atoms with E-state index in [4.69, 9.17) is 14.2 Å². The van der Waals surface area contributed by atoms with Crippen LogP contribution in [0, 0.1) is 0 Å². The van der Waals surface area contributed by atoms with Crippen LogP contribution in [0.2, 0.25) is 0 Å². The number of amides is 1. The third-order valence-electron chi connectivity index (χ3n) is 4.54. The van der Waals surface area contributed by atoms with Crippen molar-refractivity contribution in [2.75, 3.05) is 21.3 Å². The number of hydrogen-bond acceptors (Lipinski definition) is 4. The van der Waals surface area contributed by atoms with E-state index >= 15 is 0 Å². The average Bonchev–Trinajstić information content (AvgIpc) is 2.77. The highest BCUT2D eigenvalue weighted by atomic mass is 79.9. The number of rotatable bonds is 7. The van der Waals surface area contributed by atoms with Gasteiger partial charge in [-0.3, -0.25) is 4.79 Å². The molecule has 0 aliphatic carbocycles. The van der Waals surface area contributed by atoms with E-state index in [1.165, 1.54) is 21.3 Å². The van der Waals surface area contributed by atoms with Gasteiger partial charge in [0.05, 0.1) is 27.4 Å². The fourth-order valence-corrected chi connectivity index (χ4v) is 3.35. The molecular weight excluding hydrogens is 434 g/mol. The molecule has 0 aromatic heterocycles. The second-order valence-corrected chi connectivity index (χ2v) is 7.20. The number of halogens is 1. The van der Waals surface area contributed by atoms with Crippen LogP contribution in [0.4, 0.5) is 0 Å². The standard InChI is InChI=1S/C23H22BrNO4/c1-27-19-13-17(14-20(28-2)22(19)29-3)23(26)25-21(15-7-5-4-6-8-15)16-9-11-18(24)12-10-16/h4-14,21H,1-3H3,(H,25,26)/t21-/m0/s1. The Morgan fingerprint density at radius 2 is 1.38 bits per heavy atom. The van der Waals surface area contributed by atoms with Crippen molar-refractivity contribution in [3.05, 3.63) is 87.9 Å². The van der Waals surface area contributed by atoms with E-state index in [1.54, 1.807) is 12.1 Å². The lowest BCUT2D eigenvalue weighted by Crippen LogP contribution is -2.29. The molecule has 3 rings (SSSR count). The van der Waals surface area contributed by atoms with Gasteiger partial charge in [-0.05, 0) is 35.4 Å². The predicted molar refractivity (Wildman–Crippen MR) is 116 cm³/mol. The Balaban J connectivity index is 1.98. The first-order chi connectivity index (χ1) is 14.1. The third-order valence-corrected chi connectivity index (χ3v) is 5.07. The second kappa shape index (κ2) is 9.47. The largest absolute Gasteiger partial charge is 0.493 e. The van der Waals surface area contributed by atoms with Crippen molar-refractivity contribution in [1.29, 1.82) is 0 Å². The van der Waals surface area contributed by atoms with Crippen LogP contribution in [-0.4, -0.2) is 27.2 Å². The SMILES string of the molecule is COc1cc(C(=O)N[C@@H](c2ccccc2)c2ccc(Br)cc2)cc(OC)c1OC. The van der Waals surface area contributed by atoms with Crippen LogP contribution in [0.5, 0.6) is 17.2 Å². The maximum Gasteiger partial charge on any atom is 0.252 e. The maximum absolute atomic E-state index is 13.1. The van der Waals surface area contributed by atoms with Gasteiger partial charge >= 0.3 is 0 Å². The maximum atomic E-state index is 13.1. The average molecular weight is 456 g/mol. The van der Waals surface area contributed by atoms with Gasteiger partial charge < -0.3 is 19.5 Å². The number of benzene rings is 3. The van der Waals surface area contributed by atoms with Crippen molar-refractivity contribution in [3.63, 3.8) is 0 Å². The smallest absolute Gasteiger partial charge is 0.252 e. The molecule has 6 heteroatoms. The minimum absolute atomic E-state index is 0.249. The quantitative estimate of drug-likeness (QED) is 0.544. The lowest BCUT2D eigenvalue weighted by atomic mass is 9.98. The summed E-state index contributed by atoms with van der Waals surface area (Å²) in [5.41, 5.74) is 2.37. The summed E-state index contributed by atoms with van der Waals surface area (Å²) in [6.45, 7) is 0. The van der Waals surface area contributed by atoms with E-state index < -0.39 is 0 Å². The normalized spacial score (nSPS) is 11.4. The molecule has 0 spiro atoms. The highest BCUT2D eigenvalue weighted by Crippen LogP contribution is 2.38. The minimum atomic E-state index is -0.309. The van der Waals surface area contributed by atoms with Gasteiger partial charge in [0.25, 0.3) is 5.91 Å². The highest BCUT2D eigenvalue weighted by molar-refractivity contribution is 9.10. The van der Waals surface area contributed by atoms with Crippen molar-refractivity contribution >= 4 is 21.8 Å². The number of hydrogen-bond donors (Lipinski definition) is 1. The van der Waals surface area contributed by atoms with Gasteiger partial charge in [0.15, 0.2) is 11.5 Å². The minimum Gasteiger partial charge on any atom is -0.493 e. The van der Waals surface area contributed by atoms with Gasteiger partial charge in [0.2, 0.25) is 5.75 Å². The highest BCUT2D eigenvalue weighted by Gasteiger charge is 2.21. The molecule has 0 unspecified atom stereocenters. The van der Waals surface area contributed by atoms with Crippen molar-refractivity contribution in [1.82, 2.24) is 5.32 Å². The summed E-state index contributed by atoms with van der Waals surface area (Å²) in [6.07, 6.45) is 0. The summed E-state index contributed by atoms with van der Waals surface area (Å²) in [5.74, 6) is 1.05. The van der Waals surface area contributed by atoms with Crippen molar-refractivity contribution in [2.45, 2.75) is 6.04 Å². The lowest BCUT2D eigenvalue weighted by molar-refractivity contribution is 0.0942. The van der Waals surface area contributed by atoms with Gasteiger partial charge in [-0.1, -0.05) is 58.4 Å². The number of nitrogens with one attached hydrogen (secondary N) is 1. The van der Waals surface area contributed by atoms with E-state index in [0.717, 1.165) is 15.6 Å². The Morgan fingerprint density at radius 1 is 0.828 bits per heavy atom. The number of ether oxygens (including phenoxy) is 3. The topological polar surface area (TPSA) is 56.8 Å². The first-order valence-electron chi connectivity index (χ1n) is 8.98. The fourth-order valence-electron chi connectivity index (χ4n) is 3.09. The Hall–Kier alpha value is -2.99. The molecule has 0 saturated carbocycles. The molecule has 0 saturated heterocycles. The summed E-state index contributed by atoms with van der Waals surface area (Å²) in [5, 5.41) is 3.12. The van der Waals surface area contributed by atoms with Crippen LogP contribution in [0.25, 0.3) is 0 Å². The first-order valence-corrected chi connectivity index (χ1v) is 9.78. The molecule has 0 radical (unpaired) electrons. The van der Waals surface area contributed by atoms with Gasteiger partial charge in [-0.2, -0.15) is 0 Å². The lowest BCUT2D eigenvalue weighted by Gasteiger charge is -2.21. The summed E-state index contributed by atoms with van der Waals surface area (Å²) in [7, 11) is 4.57. The third kappa shape index (κ3) is 4.71. The van der Waals surface area contributed by atoms with E-state index in [9.17, 15) is 4.79 Å². The van der Waals surface area contributed by atoms with Crippen molar-refractivity contribution in [2.24, 2.45) is 0 Å². The van der Waals surface area contributed by atoms with Crippen molar-refractivity contribution in [3.8, 4) is 17.2 Å². The molecule has 0 aliphatic heterocycles. The van der Waals surface area contributed by atoms with Crippen molar-refractivity contribution < 1.29 is 19.0 Å². The first kappa shape index (κ1) is 20.7. The molecule has 0 fully saturated rings.